The van der Waals surface area contributed by atoms with Crippen LogP contribution < -0.4 is 5.32 Å². The topological polar surface area (TPSA) is 55.1 Å². The van der Waals surface area contributed by atoms with Crippen LogP contribution in [0.25, 0.3) is 88.7 Å². The molecule has 0 fully saturated rings. The van der Waals surface area contributed by atoms with Crippen molar-refractivity contribution >= 4 is 33.6 Å². The standard InChI is InChI=1S/C50H35N5/c1-3-19-49-47(17-1)48-18-2-4-20-50(48)55(49)46-26-42(38-13-5-9-34(21-38)36-11-7-15-40(23-36)44-28-51-32-52-29-44)25-43(27-46)39-14-6-10-35(22-39)37-12-8-16-41(24-37)45-30-53-33-54-31-45/h1-32,53H,33H2. The first-order chi connectivity index (χ1) is 27.2. The van der Waals surface area contributed by atoms with E-state index >= 15 is 0 Å². The van der Waals surface area contributed by atoms with Crippen LogP contribution in [0.3, 0.4) is 0 Å². The third kappa shape index (κ3) is 6.18. The van der Waals surface area contributed by atoms with Crippen molar-refractivity contribution in [2.24, 2.45) is 4.99 Å². The molecule has 9 aromatic rings. The van der Waals surface area contributed by atoms with E-state index in [0.717, 1.165) is 72.5 Å². The van der Waals surface area contributed by atoms with Gasteiger partial charge in [0.05, 0.1) is 11.0 Å². The SMILES string of the molecule is C1=NCNC=C1c1cccc(-c2cccc(-c3cc(-c4cccc(-c5cccc(-c6cncnc6)c5)c4)cc(-n4c5ccccc5c5ccccc54)c3)c2)c1. The van der Waals surface area contributed by atoms with Gasteiger partial charge < -0.3 is 9.88 Å². The Bertz CT molecular complexity index is 2880. The van der Waals surface area contributed by atoms with Crippen LogP contribution in [0.4, 0.5) is 0 Å². The van der Waals surface area contributed by atoms with Crippen molar-refractivity contribution in [3.8, 4) is 61.3 Å². The van der Waals surface area contributed by atoms with Gasteiger partial charge in [-0.1, -0.05) is 109 Å². The highest BCUT2D eigenvalue weighted by molar-refractivity contribution is 6.11. The van der Waals surface area contributed by atoms with E-state index in [1.807, 2.05) is 24.8 Å². The van der Waals surface area contributed by atoms with Gasteiger partial charge in [-0.3, -0.25) is 4.99 Å². The summed E-state index contributed by atoms with van der Waals surface area (Å²) in [6, 6.07) is 59.4. The molecule has 5 heteroatoms. The normalized spacial score (nSPS) is 12.5. The fourth-order valence-electron chi connectivity index (χ4n) is 7.78. The van der Waals surface area contributed by atoms with E-state index in [-0.39, 0.29) is 0 Å². The Kier molecular flexibility index (Phi) is 8.15. The second-order valence-electron chi connectivity index (χ2n) is 13.9. The molecule has 0 unspecified atom stereocenters. The predicted octanol–water partition coefficient (Wildman–Crippen LogP) is 11.9. The van der Waals surface area contributed by atoms with Gasteiger partial charge >= 0.3 is 0 Å². The average molecular weight is 706 g/mol. The lowest BCUT2D eigenvalue weighted by Gasteiger charge is -2.15. The molecular weight excluding hydrogens is 671 g/mol. The summed E-state index contributed by atoms with van der Waals surface area (Å²) in [7, 11) is 0. The highest BCUT2D eigenvalue weighted by Crippen LogP contribution is 2.38. The van der Waals surface area contributed by atoms with Crippen LogP contribution in [0.5, 0.6) is 0 Å². The van der Waals surface area contributed by atoms with Crippen molar-refractivity contribution in [3.05, 3.63) is 194 Å². The molecule has 5 nitrogen and oxygen atoms in total. The number of hydrogen-bond acceptors (Lipinski definition) is 4. The fourth-order valence-corrected chi connectivity index (χ4v) is 7.78. The molecule has 0 saturated carbocycles. The number of aliphatic imine (C=N–C) groups is 1. The van der Waals surface area contributed by atoms with Crippen LogP contribution >= 0.6 is 0 Å². The number of aromatic nitrogens is 3. The Hall–Kier alpha value is -7.37. The summed E-state index contributed by atoms with van der Waals surface area (Å²) in [6.07, 6.45) is 9.26. The molecule has 1 N–H and O–H groups in total. The third-order valence-corrected chi connectivity index (χ3v) is 10.4. The predicted molar refractivity (Wildman–Crippen MR) is 228 cm³/mol. The molecule has 1 aliphatic rings. The summed E-state index contributed by atoms with van der Waals surface area (Å²) < 4.78 is 2.41. The van der Waals surface area contributed by atoms with Crippen LogP contribution in [0, 0.1) is 0 Å². The number of rotatable bonds is 7. The van der Waals surface area contributed by atoms with Crippen molar-refractivity contribution in [3.63, 3.8) is 0 Å². The van der Waals surface area contributed by atoms with E-state index in [9.17, 15) is 0 Å². The molecule has 0 aliphatic carbocycles. The molecular formula is C50H35N5. The molecule has 10 rings (SSSR count). The van der Waals surface area contributed by atoms with Gasteiger partial charge in [0.25, 0.3) is 0 Å². The van der Waals surface area contributed by atoms with E-state index < -0.39 is 0 Å². The second kappa shape index (κ2) is 13.9. The Morgan fingerprint density at radius 2 is 0.855 bits per heavy atom. The molecule has 55 heavy (non-hydrogen) atoms. The zero-order valence-corrected chi connectivity index (χ0v) is 30.0. The molecule has 0 radical (unpaired) electrons. The third-order valence-electron chi connectivity index (χ3n) is 10.4. The van der Waals surface area contributed by atoms with Crippen molar-refractivity contribution in [2.45, 2.75) is 0 Å². The minimum Gasteiger partial charge on any atom is -0.372 e. The first kappa shape index (κ1) is 32.3. The number of nitrogens with zero attached hydrogens (tertiary/aromatic N) is 4. The lowest BCUT2D eigenvalue weighted by molar-refractivity contribution is 0.882. The molecule has 0 atom stereocenters. The molecule has 260 valence electrons. The van der Waals surface area contributed by atoms with E-state index in [1.54, 1.807) is 6.33 Å². The number of nitrogens with one attached hydrogen (secondary N) is 1. The summed E-state index contributed by atoms with van der Waals surface area (Å²) in [5.74, 6) is 0. The van der Waals surface area contributed by atoms with Gasteiger partial charge in [0.15, 0.2) is 0 Å². The Labute approximate surface area is 319 Å². The van der Waals surface area contributed by atoms with E-state index in [4.69, 9.17) is 0 Å². The summed E-state index contributed by atoms with van der Waals surface area (Å²) in [4.78, 5) is 12.9. The molecule has 0 saturated heterocycles. The molecule has 7 aromatic carbocycles. The van der Waals surface area contributed by atoms with Gasteiger partial charge in [0.1, 0.15) is 13.0 Å². The lowest BCUT2D eigenvalue weighted by Crippen LogP contribution is -2.10. The first-order valence-electron chi connectivity index (χ1n) is 18.5. The van der Waals surface area contributed by atoms with Gasteiger partial charge in [0.2, 0.25) is 0 Å². The maximum absolute atomic E-state index is 4.42. The zero-order valence-electron chi connectivity index (χ0n) is 30.0. The molecule has 1 aliphatic heterocycles. The van der Waals surface area contributed by atoms with Crippen molar-refractivity contribution in [2.75, 3.05) is 6.67 Å². The van der Waals surface area contributed by atoms with Gasteiger partial charge in [-0.05, 0) is 110 Å². The van der Waals surface area contributed by atoms with Crippen LogP contribution in [-0.4, -0.2) is 27.4 Å². The van der Waals surface area contributed by atoms with Crippen molar-refractivity contribution in [1.29, 1.82) is 0 Å². The Morgan fingerprint density at radius 1 is 0.418 bits per heavy atom. The quantitative estimate of drug-likeness (QED) is 0.180. The highest BCUT2D eigenvalue weighted by atomic mass is 15.0. The van der Waals surface area contributed by atoms with Gasteiger partial charge in [-0.25, -0.2) is 9.97 Å². The van der Waals surface area contributed by atoms with Crippen molar-refractivity contribution in [1.82, 2.24) is 19.9 Å². The van der Waals surface area contributed by atoms with Crippen LogP contribution in [0.15, 0.2) is 194 Å². The summed E-state index contributed by atoms with van der Waals surface area (Å²) >= 11 is 0. The van der Waals surface area contributed by atoms with E-state index in [0.29, 0.717) is 6.67 Å². The molecule has 3 heterocycles. The van der Waals surface area contributed by atoms with Crippen LogP contribution in [-0.2, 0) is 0 Å². The summed E-state index contributed by atoms with van der Waals surface area (Å²) in [5, 5.41) is 5.72. The molecule has 0 amide bonds. The zero-order chi connectivity index (χ0) is 36.6. The van der Waals surface area contributed by atoms with Crippen molar-refractivity contribution < 1.29 is 0 Å². The molecule has 0 spiro atoms. The van der Waals surface area contributed by atoms with Gasteiger partial charge in [-0.2, -0.15) is 0 Å². The number of allylic oxidation sites excluding steroid dienone is 1. The smallest absolute Gasteiger partial charge is 0.115 e. The lowest BCUT2D eigenvalue weighted by atomic mass is 9.93. The summed E-state index contributed by atoms with van der Waals surface area (Å²) in [6.45, 7) is 0.614. The fraction of sp³-hybridized carbons (Fsp3) is 0.0200. The maximum Gasteiger partial charge on any atom is 0.115 e. The van der Waals surface area contributed by atoms with Gasteiger partial charge in [0, 0.05) is 52.4 Å². The Balaban J connectivity index is 1.13. The second-order valence-corrected chi connectivity index (χ2v) is 13.9. The average Bonchev–Trinajstić information content (AvgIpc) is 3.61. The van der Waals surface area contributed by atoms with Crippen LogP contribution in [0.2, 0.25) is 0 Å². The minimum atomic E-state index is 0.614. The number of fused-ring (bicyclic) bond motifs is 3. The van der Waals surface area contributed by atoms with E-state index in [2.05, 4.69) is 189 Å². The number of hydrogen-bond donors (Lipinski definition) is 1. The monoisotopic (exact) mass is 705 g/mol. The van der Waals surface area contributed by atoms with Crippen LogP contribution in [0.1, 0.15) is 5.56 Å². The van der Waals surface area contributed by atoms with Gasteiger partial charge in [-0.15, -0.1) is 0 Å². The minimum absolute atomic E-state index is 0.614. The molecule has 2 aromatic heterocycles. The maximum atomic E-state index is 4.42. The number of benzene rings is 7. The highest BCUT2D eigenvalue weighted by Gasteiger charge is 2.15. The van der Waals surface area contributed by atoms with E-state index in [1.165, 1.54) is 21.8 Å². The first-order valence-corrected chi connectivity index (χ1v) is 18.5. The Morgan fingerprint density at radius 3 is 1.36 bits per heavy atom. The summed E-state index contributed by atoms with van der Waals surface area (Å²) in [5.41, 5.74) is 17.0. The largest absolute Gasteiger partial charge is 0.372 e. The molecule has 0 bridgehead atoms. The number of para-hydroxylation sites is 2.